The van der Waals surface area contributed by atoms with Gasteiger partial charge in [-0.25, -0.2) is 13.2 Å². The molecule has 1 aliphatic carbocycles. The lowest BCUT2D eigenvalue weighted by Crippen LogP contribution is -2.46. The second-order valence-electron chi connectivity index (χ2n) is 7.92. The van der Waals surface area contributed by atoms with Crippen molar-refractivity contribution in [1.29, 1.82) is 0 Å². The summed E-state index contributed by atoms with van der Waals surface area (Å²) in [5.41, 5.74) is 0.0320. The minimum atomic E-state index is -3.99. The molecule has 0 aliphatic heterocycles. The Balaban J connectivity index is 1.69. The van der Waals surface area contributed by atoms with Crippen LogP contribution in [0.25, 0.3) is 0 Å². The molecule has 1 aromatic heterocycles. The number of ether oxygens (including phenoxy) is 1. The highest BCUT2D eigenvalue weighted by molar-refractivity contribution is 7.92. The number of nitrogens with one attached hydrogen (secondary N) is 1. The third-order valence-electron chi connectivity index (χ3n) is 5.52. The van der Waals surface area contributed by atoms with Gasteiger partial charge in [0.15, 0.2) is 11.9 Å². The molecule has 174 valence electrons. The third kappa shape index (κ3) is 5.67. The van der Waals surface area contributed by atoms with Crippen LogP contribution in [0.2, 0.25) is 0 Å². The molecule has 32 heavy (non-hydrogen) atoms. The Morgan fingerprint density at radius 1 is 1.25 bits per heavy atom. The Morgan fingerprint density at radius 3 is 2.59 bits per heavy atom. The highest BCUT2D eigenvalue weighted by Crippen LogP contribution is 2.24. The Bertz CT molecular complexity index is 1060. The van der Waals surface area contributed by atoms with Crippen LogP contribution < -0.4 is 4.72 Å². The summed E-state index contributed by atoms with van der Waals surface area (Å²) in [4.78, 5) is 27.2. The van der Waals surface area contributed by atoms with E-state index in [2.05, 4.69) is 9.88 Å². The maximum absolute atomic E-state index is 12.9. The molecule has 1 N–H and O–H groups in total. The number of carbonyl (C=O) groups excluding carboxylic acids is 2. The predicted molar refractivity (Wildman–Crippen MR) is 118 cm³/mol. The van der Waals surface area contributed by atoms with E-state index in [9.17, 15) is 18.0 Å². The molecule has 0 spiro atoms. The summed E-state index contributed by atoms with van der Waals surface area (Å²) in [6, 6.07) is 7.04. The standard InChI is InChI=1S/C22H29N3O6S/c1-4-25(18-10-6-5-7-11-18)21(26)16(3)30-22(27)17-9-8-12-19(14-17)32(28,29)24-20-13-15(2)31-23-20/h8-9,12-14,16,18H,4-7,10-11H2,1-3H3,(H,23,24)/t16-/m0/s1. The SMILES string of the molecule is CCN(C(=O)[C@H](C)OC(=O)c1cccc(S(=O)(=O)Nc2cc(C)on2)c1)C1CCCCC1. The first-order valence-electron chi connectivity index (χ1n) is 10.8. The number of sulfonamides is 1. The zero-order valence-electron chi connectivity index (χ0n) is 18.5. The van der Waals surface area contributed by atoms with Crippen molar-refractivity contribution in [2.45, 2.75) is 69.9 Å². The summed E-state index contributed by atoms with van der Waals surface area (Å²) >= 11 is 0. The van der Waals surface area contributed by atoms with Gasteiger partial charge in [0.25, 0.3) is 15.9 Å². The van der Waals surface area contributed by atoms with Crippen LogP contribution in [0.4, 0.5) is 5.82 Å². The Labute approximate surface area is 188 Å². The second-order valence-corrected chi connectivity index (χ2v) is 9.60. The van der Waals surface area contributed by atoms with Crippen LogP contribution in [0.1, 0.15) is 62.1 Å². The number of carbonyl (C=O) groups is 2. The molecule has 1 atom stereocenters. The summed E-state index contributed by atoms with van der Waals surface area (Å²) in [6.07, 6.45) is 4.30. The fourth-order valence-corrected chi connectivity index (χ4v) is 4.93. The summed E-state index contributed by atoms with van der Waals surface area (Å²) in [5, 5.41) is 3.61. The molecule has 0 unspecified atom stereocenters. The van der Waals surface area contributed by atoms with Crippen molar-refractivity contribution in [1.82, 2.24) is 10.1 Å². The maximum atomic E-state index is 12.9. The number of anilines is 1. The van der Waals surface area contributed by atoms with Gasteiger partial charge in [-0.3, -0.25) is 9.52 Å². The molecular weight excluding hydrogens is 434 g/mol. The molecule has 0 bridgehead atoms. The fourth-order valence-electron chi connectivity index (χ4n) is 3.90. The average Bonchev–Trinajstić information content (AvgIpc) is 3.18. The number of aryl methyl sites for hydroxylation is 1. The van der Waals surface area contributed by atoms with Crippen LogP contribution in [-0.2, 0) is 19.6 Å². The van der Waals surface area contributed by atoms with Gasteiger partial charge in [0.05, 0.1) is 10.5 Å². The van der Waals surface area contributed by atoms with Gasteiger partial charge in [-0.05, 0) is 51.8 Å². The number of rotatable bonds is 8. The van der Waals surface area contributed by atoms with E-state index >= 15 is 0 Å². The van der Waals surface area contributed by atoms with Crippen molar-refractivity contribution in [3.63, 3.8) is 0 Å². The molecule has 0 saturated heterocycles. The van der Waals surface area contributed by atoms with Crippen molar-refractivity contribution >= 4 is 27.7 Å². The van der Waals surface area contributed by atoms with E-state index in [-0.39, 0.29) is 28.2 Å². The first-order chi connectivity index (χ1) is 15.2. The lowest BCUT2D eigenvalue weighted by Gasteiger charge is -2.35. The molecule has 1 saturated carbocycles. The molecule has 2 aromatic rings. The zero-order valence-corrected chi connectivity index (χ0v) is 19.4. The van der Waals surface area contributed by atoms with E-state index in [1.807, 2.05) is 6.92 Å². The van der Waals surface area contributed by atoms with Crippen molar-refractivity contribution < 1.29 is 27.3 Å². The molecule has 0 radical (unpaired) electrons. The number of nitrogens with zero attached hydrogens (tertiary/aromatic N) is 2. The average molecular weight is 464 g/mol. The molecule has 10 heteroatoms. The number of hydrogen-bond donors (Lipinski definition) is 1. The van der Waals surface area contributed by atoms with Gasteiger partial charge in [0.2, 0.25) is 0 Å². The zero-order chi connectivity index (χ0) is 23.3. The van der Waals surface area contributed by atoms with E-state index in [0.29, 0.717) is 12.3 Å². The maximum Gasteiger partial charge on any atom is 0.338 e. The van der Waals surface area contributed by atoms with Crippen LogP contribution in [-0.4, -0.2) is 49.0 Å². The van der Waals surface area contributed by atoms with Crippen molar-refractivity contribution in [2.24, 2.45) is 0 Å². The number of amides is 1. The van der Waals surface area contributed by atoms with Crippen LogP contribution in [0, 0.1) is 6.92 Å². The summed E-state index contributed by atoms with van der Waals surface area (Å²) < 4.78 is 37.8. The molecule has 9 nitrogen and oxygen atoms in total. The predicted octanol–water partition coefficient (Wildman–Crippen LogP) is 3.51. The molecule has 3 rings (SSSR count). The summed E-state index contributed by atoms with van der Waals surface area (Å²) in [7, 11) is -3.99. The van der Waals surface area contributed by atoms with Gasteiger partial charge in [0, 0.05) is 18.7 Å². The third-order valence-corrected chi connectivity index (χ3v) is 6.87. The minimum absolute atomic E-state index is 0.0320. The van der Waals surface area contributed by atoms with Crippen LogP contribution in [0.3, 0.4) is 0 Å². The monoisotopic (exact) mass is 463 g/mol. The lowest BCUT2D eigenvalue weighted by atomic mass is 9.94. The Hall–Kier alpha value is -2.88. The normalized spacial score (nSPS) is 15.7. The Morgan fingerprint density at radius 2 is 1.97 bits per heavy atom. The van der Waals surface area contributed by atoms with Gasteiger partial charge in [-0.2, -0.15) is 0 Å². The van der Waals surface area contributed by atoms with Gasteiger partial charge in [0.1, 0.15) is 5.76 Å². The molecule has 1 aliphatic rings. The lowest BCUT2D eigenvalue weighted by molar-refractivity contribution is -0.142. The number of benzene rings is 1. The Kier molecular flexibility index (Phi) is 7.55. The summed E-state index contributed by atoms with van der Waals surface area (Å²) in [6.45, 7) is 5.64. The van der Waals surface area contributed by atoms with Gasteiger partial charge < -0.3 is 14.2 Å². The molecule has 1 heterocycles. The van der Waals surface area contributed by atoms with Gasteiger partial charge in [-0.15, -0.1) is 0 Å². The molecule has 1 amide bonds. The highest BCUT2D eigenvalue weighted by atomic mass is 32.2. The smallest absolute Gasteiger partial charge is 0.338 e. The number of esters is 1. The van der Waals surface area contributed by atoms with Crippen molar-refractivity contribution in [3.8, 4) is 0 Å². The van der Waals surface area contributed by atoms with Crippen LogP contribution >= 0.6 is 0 Å². The highest BCUT2D eigenvalue weighted by Gasteiger charge is 2.30. The van der Waals surface area contributed by atoms with Gasteiger partial charge >= 0.3 is 5.97 Å². The number of aromatic nitrogens is 1. The first-order valence-corrected chi connectivity index (χ1v) is 12.3. The van der Waals surface area contributed by atoms with E-state index in [0.717, 1.165) is 25.7 Å². The van der Waals surface area contributed by atoms with Crippen LogP contribution in [0.15, 0.2) is 39.8 Å². The fraction of sp³-hybridized carbons (Fsp3) is 0.500. The van der Waals surface area contributed by atoms with Crippen molar-refractivity contribution in [3.05, 3.63) is 41.7 Å². The molecule has 1 aromatic carbocycles. The number of likely N-dealkylation sites (N-methyl/N-ethyl adjacent to an activating group) is 1. The second kappa shape index (κ2) is 10.2. The minimum Gasteiger partial charge on any atom is -0.449 e. The first kappa shape index (κ1) is 23.8. The van der Waals surface area contributed by atoms with E-state index in [4.69, 9.17) is 9.26 Å². The van der Waals surface area contributed by atoms with E-state index < -0.39 is 22.1 Å². The quantitative estimate of drug-likeness (QED) is 0.595. The number of hydrogen-bond acceptors (Lipinski definition) is 7. The van der Waals surface area contributed by atoms with Crippen LogP contribution in [0.5, 0.6) is 0 Å². The van der Waals surface area contributed by atoms with Gasteiger partial charge in [-0.1, -0.05) is 30.5 Å². The molecular formula is C22H29N3O6S. The van der Waals surface area contributed by atoms with Crippen molar-refractivity contribution in [2.75, 3.05) is 11.3 Å². The largest absolute Gasteiger partial charge is 0.449 e. The van der Waals surface area contributed by atoms with E-state index in [1.165, 1.54) is 36.8 Å². The van der Waals surface area contributed by atoms with E-state index in [1.54, 1.807) is 18.7 Å². The molecule has 1 fully saturated rings. The summed E-state index contributed by atoms with van der Waals surface area (Å²) in [5.74, 6) is -0.510. The topological polar surface area (TPSA) is 119 Å².